The van der Waals surface area contributed by atoms with E-state index in [1.165, 1.54) is 11.8 Å². The third-order valence-corrected chi connectivity index (χ3v) is 6.66. The van der Waals surface area contributed by atoms with Gasteiger partial charge in [-0.3, -0.25) is 9.36 Å². The Kier molecular flexibility index (Phi) is 9.76. The van der Waals surface area contributed by atoms with Crippen LogP contribution in [0.15, 0.2) is 17.2 Å². The van der Waals surface area contributed by atoms with Gasteiger partial charge in [-0.2, -0.15) is 0 Å². The zero-order chi connectivity index (χ0) is 24.5. The van der Waals surface area contributed by atoms with Crippen molar-refractivity contribution in [3.63, 3.8) is 0 Å². The summed E-state index contributed by atoms with van der Waals surface area (Å²) in [6, 6.07) is 3.49. The minimum Gasteiger partial charge on any atom is -0.481 e. The second-order valence-corrected chi connectivity index (χ2v) is 9.39. The molecule has 1 aliphatic heterocycles. The Balaban J connectivity index is 1.71. The first-order chi connectivity index (χ1) is 16.4. The maximum atomic E-state index is 11.5. The number of aromatic nitrogens is 2. The molecule has 0 unspecified atom stereocenters. The van der Waals surface area contributed by atoms with Crippen LogP contribution in [0.5, 0.6) is 17.4 Å². The number of carbonyl (C=O) groups is 2. The standard InChI is InChI=1S/C23H29ClN2O7S/c1-2-8-19-25-21(34-10-7-5-3-4-6-9-20(27)28)22(33-23(29)30)26(19)13-15-11-17-18(12-16(15)24)32-14-31-17/h11-12H,2-10,13-14H2,1H3,(H,27,28)(H,29,30). The average Bonchev–Trinajstić information content (AvgIpc) is 3.35. The molecule has 0 radical (unpaired) electrons. The third-order valence-electron chi connectivity index (χ3n) is 5.27. The van der Waals surface area contributed by atoms with E-state index < -0.39 is 12.1 Å². The molecule has 0 saturated carbocycles. The summed E-state index contributed by atoms with van der Waals surface area (Å²) in [5.41, 5.74) is 0.744. The number of carboxylic acid groups (broad SMARTS) is 2. The molecule has 0 saturated heterocycles. The lowest BCUT2D eigenvalue weighted by Crippen LogP contribution is -2.12. The number of aliphatic carboxylic acids is 1. The lowest BCUT2D eigenvalue weighted by Gasteiger charge is -2.13. The molecule has 0 aliphatic carbocycles. The lowest BCUT2D eigenvalue weighted by atomic mass is 10.1. The lowest BCUT2D eigenvalue weighted by molar-refractivity contribution is -0.137. The van der Waals surface area contributed by atoms with Crippen molar-refractivity contribution in [1.82, 2.24) is 9.55 Å². The van der Waals surface area contributed by atoms with E-state index in [1.54, 1.807) is 16.7 Å². The van der Waals surface area contributed by atoms with Gasteiger partial charge in [-0.05, 0) is 36.6 Å². The molecule has 34 heavy (non-hydrogen) atoms. The highest BCUT2D eigenvalue weighted by atomic mass is 35.5. The van der Waals surface area contributed by atoms with E-state index in [1.807, 2.05) is 6.92 Å². The fourth-order valence-corrected chi connectivity index (χ4v) is 4.84. The van der Waals surface area contributed by atoms with Gasteiger partial charge in [0, 0.05) is 23.9 Å². The molecule has 1 aliphatic rings. The minimum atomic E-state index is -1.40. The van der Waals surface area contributed by atoms with Gasteiger partial charge in [-0.25, -0.2) is 9.78 Å². The number of rotatable bonds is 14. The number of carboxylic acids is 1. The number of ether oxygens (including phenoxy) is 3. The van der Waals surface area contributed by atoms with Crippen molar-refractivity contribution in [2.24, 2.45) is 0 Å². The SMILES string of the molecule is CCCc1nc(SCCCCCCCC(=O)O)c(OC(=O)O)n1Cc1cc2c(cc1Cl)OCO2. The van der Waals surface area contributed by atoms with E-state index in [0.29, 0.717) is 34.4 Å². The molecule has 9 nitrogen and oxygen atoms in total. The molecule has 0 bridgehead atoms. The predicted octanol–water partition coefficient (Wildman–Crippen LogP) is 5.84. The summed E-state index contributed by atoms with van der Waals surface area (Å²) >= 11 is 7.92. The van der Waals surface area contributed by atoms with Crippen molar-refractivity contribution in [3.8, 4) is 17.4 Å². The van der Waals surface area contributed by atoms with Gasteiger partial charge in [-0.1, -0.05) is 37.8 Å². The molecule has 2 aromatic rings. The van der Waals surface area contributed by atoms with Crippen LogP contribution in [0.2, 0.25) is 5.02 Å². The van der Waals surface area contributed by atoms with Crippen molar-refractivity contribution in [3.05, 3.63) is 28.5 Å². The molecular formula is C23H29ClN2O7S. The van der Waals surface area contributed by atoms with Gasteiger partial charge in [0.1, 0.15) is 5.82 Å². The number of halogens is 1. The number of nitrogens with zero attached hydrogens (tertiary/aromatic N) is 2. The molecule has 2 heterocycles. The first-order valence-corrected chi connectivity index (χ1v) is 12.7. The van der Waals surface area contributed by atoms with E-state index in [0.717, 1.165) is 49.2 Å². The van der Waals surface area contributed by atoms with Gasteiger partial charge in [0.15, 0.2) is 16.5 Å². The molecule has 0 spiro atoms. The zero-order valence-corrected chi connectivity index (χ0v) is 20.6. The van der Waals surface area contributed by atoms with Gasteiger partial charge in [0.25, 0.3) is 0 Å². The Morgan fingerprint density at radius 1 is 1.15 bits per heavy atom. The molecular weight excluding hydrogens is 484 g/mol. The topological polar surface area (TPSA) is 120 Å². The first kappa shape index (κ1) is 26.0. The van der Waals surface area contributed by atoms with Crippen LogP contribution in [0.3, 0.4) is 0 Å². The Morgan fingerprint density at radius 2 is 1.85 bits per heavy atom. The van der Waals surface area contributed by atoms with E-state index in [2.05, 4.69) is 0 Å². The molecule has 0 amide bonds. The van der Waals surface area contributed by atoms with Crippen molar-refractivity contribution < 1.29 is 34.0 Å². The summed E-state index contributed by atoms with van der Waals surface area (Å²) in [5, 5.41) is 19.1. The predicted molar refractivity (Wildman–Crippen MR) is 128 cm³/mol. The molecule has 0 fully saturated rings. The van der Waals surface area contributed by atoms with Crippen molar-refractivity contribution >= 4 is 35.5 Å². The summed E-state index contributed by atoms with van der Waals surface area (Å²) in [6.45, 7) is 2.45. The van der Waals surface area contributed by atoms with Crippen LogP contribution in [-0.4, -0.2) is 44.4 Å². The third kappa shape index (κ3) is 7.20. The van der Waals surface area contributed by atoms with Crippen LogP contribution >= 0.6 is 23.4 Å². The second kappa shape index (κ2) is 12.8. The Bertz CT molecular complexity index is 1010. The monoisotopic (exact) mass is 512 g/mol. The fraction of sp³-hybridized carbons (Fsp3) is 0.522. The molecule has 2 N–H and O–H groups in total. The molecule has 11 heteroatoms. The fourth-order valence-electron chi connectivity index (χ4n) is 3.64. The normalized spacial score (nSPS) is 12.2. The Morgan fingerprint density at radius 3 is 2.56 bits per heavy atom. The number of benzene rings is 1. The first-order valence-electron chi connectivity index (χ1n) is 11.3. The molecule has 1 aromatic heterocycles. The zero-order valence-electron chi connectivity index (χ0n) is 19.0. The maximum absolute atomic E-state index is 11.5. The Hall–Kier alpha value is -2.59. The number of aryl methyl sites for hydroxylation is 1. The van der Waals surface area contributed by atoms with E-state index in [-0.39, 0.29) is 25.6 Å². The van der Waals surface area contributed by atoms with Crippen LogP contribution in [0.25, 0.3) is 0 Å². The van der Waals surface area contributed by atoms with Crippen molar-refractivity contribution in [2.75, 3.05) is 12.5 Å². The van der Waals surface area contributed by atoms with E-state index in [9.17, 15) is 14.7 Å². The van der Waals surface area contributed by atoms with E-state index in [4.69, 9.17) is 35.9 Å². The smallest absolute Gasteiger partial charge is 0.481 e. The average molecular weight is 513 g/mol. The van der Waals surface area contributed by atoms with Gasteiger partial charge in [0.05, 0.1) is 6.54 Å². The van der Waals surface area contributed by atoms with E-state index >= 15 is 0 Å². The van der Waals surface area contributed by atoms with Crippen LogP contribution < -0.4 is 14.2 Å². The summed E-state index contributed by atoms with van der Waals surface area (Å²) < 4.78 is 17.8. The number of hydrogen-bond donors (Lipinski definition) is 2. The van der Waals surface area contributed by atoms with Gasteiger partial charge in [-0.15, -0.1) is 11.8 Å². The van der Waals surface area contributed by atoms with Crippen LogP contribution in [0.4, 0.5) is 4.79 Å². The summed E-state index contributed by atoms with van der Waals surface area (Å²) in [6.07, 6.45) is 4.70. The highest BCUT2D eigenvalue weighted by molar-refractivity contribution is 7.99. The number of hydrogen-bond acceptors (Lipinski definition) is 7. The maximum Gasteiger partial charge on any atom is 0.512 e. The molecule has 1 aromatic carbocycles. The Labute approximate surface area is 207 Å². The van der Waals surface area contributed by atoms with Crippen molar-refractivity contribution in [2.45, 2.75) is 69.9 Å². The van der Waals surface area contributed by atoms with Crippen LogP contribution in [0.1, 0.15) is 63.3 Å². The minimum absolute atomic E-state index is 0.134. The van der Waals surface area contributed by atoms with Gasteiger partial charge in [0.2, 0.25) is 12.7 Å². The van der Waals surface area contributed by atoms with Crippen molar-refractivity contribution in [1.29, 1.82) is 0 Å². The quantitative estimate of drug-likeness (QED) is 0.182. The number of thioether (sulfide) groups is 1. The molecule has 0 atom stereocenters. The van der Waals surface area contributed by atoms with Crippen LogP contribution in [-0.2, 0) is 17.8 Å². The number of unbranched alkanes of at least 4 members (excludes halogenated alkanes) is 4. The van der Waals surface area contributed by atoms with Crippen LogP contribution in [0, 0.1) is 0 Å². The molecule has 3 rings (SSSR count). The largest absolute Gasteiger partial charge is 0.512 e. The van der Waals surface area contributed by atoms with Gasteiger partial charge < -0.3 is 24.4 Å². The number of imidazole rings is 1. The number of fused-ring (bicyclic) bond motifs is 1. The molecule has 186 valence electrons. The highest BCUT2D eigenvalue weighted by Gasteiger charge is 2.23. The van der Waals surface area contributed by atoms with Gasteiger partial charge >= 0.3 is 12.1 Å². The summed E-state index contributed by atoms with van der Waals surface area (Å²) in [7, 11) is 0. The highest BCUT2D eigenvalue weighted by Crippen LogP contribution is 2.39. The summed E-state index contributed by atoms with van der Waals surface area (Å²) in [4.78, 5) is 26.7. The summed E-state index contributed by atoms with van der Waals surface area (Å²) in [5.74, 6) is 2.08. The second-order valence-electron chi connectivity index (χ2n) is 7.90.